The Morgan fingerprint density at radius 2 is 2.17 bits per heavy atom. The van der Waals surface area contributed by atoms with Crippen molar-refractivity contribution in [2.24, 2.45) is 10.9 Å². The summed E-state index contributed by atoms with van der Waals surface area (Å²) in [4.78, 5) is 11.9. The number of rotatable bonds is 3. The van der Waals surface area contributed by atoms with E-state index in [0.717, 1.165) is 6.07 Å². The molecule has 0 aliphatic heterocycles. The van der Waals surface area contributed by atoms with Gasteiger partial charge in [-0.05, 0) is 26.0 Å². The van der Waals surface area contributed by atoms with Crippen LogP contribution in [0.1, 0.15) is 24.2 Å². The van der Waals surface area contributed by atoms with Gasteiger partial charge in [0.25, 0.3) is 5.91 Å². The summed E-state index contributed by atoms with van der Waals surface area (Å²) < 4.78 is 13.5. The predicted molar refractivity (Wildman–Crippen MR) is 66.4 cm³/mol. The van der Waals surface area contributed by atoms with Crippen LogP contribution < -0.4 is 11.1 Å². The van der Waals surface area contributed by atoms with Crippen LogP contribution in [0.5, 0.6) is 0 Å². The van der Waals surface area contributed by atoms with Gasteiger partial charge in [-0.2, -0.15) is 0 Å². The molecule has 0 saturated heterocycles. The predicted octanol–water partition coefficient (Wildman–Crippen LogP) is 1.73. The molecule has 0 radical (unpaired) electrons. The molecule has 1 rings (SSSR count). The molecule has 0 saturated carbocycles. The molecule has 0 bridgehead atoms. The Hall–Kier alpha value is -1.82. The van der Waals surface area contributed by atoms with E-state index in [2.05, 4.69) is 10.5 Å². The first-order chi connectivity index (χ1) is 8.29. The second-order valence-corrected chi connectivity index (χ2v) is 4.57. The summed E-state index contributed by atoms with van der Waals surface area (Å²) in [7, 11) is 0. The quantitative estimate of drug-likeness (QED) is 0.339. The van der Waals surface area contributed by atoms with Crippen molar-refractivity contribution in [1.82, 2.24) is 5.32 Å². The van der Waals surface area contributed by atoms with E-state index in [9.17, 15) is 9.18 Å². The Bertz CT molecular complexity index is 483. The molecule has 1 amide bonds. The Morgan fingerprint density at radius 1 is 1.56 bits per heavy atom. The molecule has 0 fully saturated rings. The minimum atomic E-state index is -1.13. The van der Waals surface area contributed by atoms with Crippen molar-refractivity contribution in [3.63, 3.8) is 0 Å². The van der Waals surface area contributed by atoms with Gasteiger partial charge in [0.1, 0.15) is 5.82 Å². The second-order valence-electron chi connectivity index (χ2n) is 4.16. The van der Waals surface area contributed by atoms with Crippen LogP contribution in [0.3, 0.4) is 0 Å². The third-order valence-corrected chi connectivity index (χ3v) is 2.68. The molecule has 0 unspecified atom stereocenters. The van der Waals surface area contributed by atoms with Crippen molar-refractivity contribution in [2.45, 2.75) is 19.4 Å². The van der Waals surface area contributed by atoms with Gasteiger partial charge in [-0.1, -0.05) is 22.8 Å². The minimum Gasteiger partial charge on any atom is -0.409 e. The summed E-state index contributed by atoms with van der Waals surface area (Å²) in [6, 6.07) is 3.91. The summed E-state index contributed by atoms with van der Waals surface area (Å²) in [6.07, 6.45) is 0. The van der Waals surface area contributed by atoms with Gasteiger partial charge in [0, 0.05) is 0 Å². The molecule has 0 spiro atoms. The molecule has 1 aromatic carbocycles. The third kappa shape index (κ3) is 2.89. The molecule has 0 aliphatic carbocycles. The molecule has 1 aromatic rings. The molecule has 0 aliphatic rings. The number of halogens is 2. The monoisotopic (exact) mass is 273 g/mol. The largest absolute Gasteiger partial charge is 0.409 e. The van der Waals surface area contributed by atoms with Gasteiger partial charge in [0.05, 0.1) is 16.1 Å². The minimum absolute atomic E-state index is 0.0113. The third-order valence-electron chi connectivity index (χ3n) is 2.36. The summed E-state index contributed by atoms with van der Waals surface area (Å²) in [5.41, 5.74) is 4.00. The van der Waals surface area contributed by atoms with Gasteiger partial charge < -0.3 is 16.3 Å². The SMILES string of the molecule is CC(C)(NC(=O)c1c(F)cccc1Cl)/C(N)=N/O. The molecule has 0 aromatic heterocycles. The summed E-state index contributed by atoms with van der Waals surface area (Å²) in [6.45, 7) is 3.02. The van der Waals surface area contributed by atoms with E-state index in [1.54, 1.807) is 0 Å². The van der Waals surface area contributed by atoms with Crippen LogP contribution in [0, 0.1) is 5.82 Å². The second kappa shape index (κ2) is 5.22. The van der Waals surface area contributed by atoms with E-state index in [4.69, 9.17) is 22.5 Å². The van der Waals surface area contributed by atoms with Crippen molar-refractivity contribution in [3.8, 4) is 0 Å². The highest BCUT2D eigenvalue weighted by Gasteiger charge is 2.28. The van der Waals surface area contributed by atoms with Crippen LogP contribution in [0.4, 0.5) is 4.39 Å². The summed E-state index contributed by atoms with van der Waals surface area (Å²) in [5, 5.41) is 13.8. The van der Waals surface area contributed by atoms with Crippen LogP contribution in [0.25, 0.3) is 0 Å². The number of hydrogen-bond donors (Lipinski definition) is 3. The first kappa shape index (κ1) is 14.2. The van der Waals surface area contributed by atoms with E-state index in [0.29, 0.717) is 0 Å². The standard InChI is InChI=1S/C11H13ClFN3O2/c1-11(2,10(14)16-18)15-9(17)8-6(12)4-3-5-7(8)13/h3-5,18H,1-2H3,(H2,14,16)(H,15,17). The number of oxime groups is 1. The smallest absolute Gasteiger partial charge is 0.256 e. The lowest BCUT2D eigenvalue weighted by Gasteiger charge is -2.24. The van der Waals surface area contributed by atoms with Crippen LogP contribution in [-0.4, -0.2) is 22.5 Å². The summed E-state index contributed by atoms with van der Waals surface area (Å²) in [5.74, 6) is -1.69. The molecule has 5 nitrogen and oxygen atoms in total. The van der Waals surface area contributed by atoms with E-state index >= 15 is 0 Å². The Morgan fingerprint density at radius 3 is 2.67 bits per heavy atom. The maximum atomic E-state index is 13.5. The fraction of sp³-hybridized carbons (Fsp3) is 0.273. The number of nitrogens with zero attached hydrogens (tertiary/aromatic N) is 1. The van der Waals surface area contributed by atoms with E-state index in [-0.39, 0.29) is 16.4 Å². The average molecular weight is 274 g/mol. The number of carbonyl (C=O) groups excluding carboxylic acids is 1. The number of carbonyl (C=O) groups is 1. The Balaban J connectivity index is 3.04. The molecule has 0 atom stereocenters. The Kier molecular flexibility index (Phi) is 4.13. The van der Waals surface area contributed by atoms with Gasteiger partial charge in [0.2, 0.25) is 0 Å². The molecule has 7 heteroatoms. The van der Waals surface area contributed by atoms with Crippen molar-refractivity contribution < 1.29 is 14.4 Å². The molecule has 0 heterocycles. The van der Waals surface area contributed by atoms with Gasteiger partial charge in [-0.25, -0.2) is 4.39 Å². The number of nitrogens with one attached hydrogen (secondary N) is 1. The van der Waals surface area contributed by atoms with E-state index in [1.165, 1.54) is 26.0 Å². The lowest BCUT2D eigenvalue weighted by Crippen LogP contribution is -2.53. The lowest BCUT2D eigenvalue weighted by molar-refractivity contribution is 0.0927. The highest BCUT2D eigenvalue weighted by molar-refractivity contribution is 6.33. The van der Waals surface area contributed by atoms with Gasteiger partial charge in [-0.15, -0.1) is 0 Å². The first-order valence-electron chi connectivity index (χ1n) is 5.04. The van der Waals surface area contributed by atoms with Gasteiger partial charge in [-0.3, -0.25) is 4.79 Å². The van der Waals surface area contributed by atoms with Gasteiger partial charge in [0.15, 0.2) is 5.84 Å². The molecule has 98 valence electrons. The van der Waals surface area contributed by atoms with Crippen molar-refractivity contribution in [3.05, 3.63) is 34.6 Å². The maximum Gasteiger partial charge on any atom is 0.256 e. The number of benzene rings is 1. The van der Waals surface area contributed by atoms with Crippen molar-refractivity contribution in [1.29, 1.82) is 0 Å². The molecular formula is C11H13ClFN3O2. The average Bonchev–Trinajstić information content (AvgIpc) is 2.26. The molecular weight excluding hydrogens is 261 g/mol. The number of hydrogen-bond acceptors (Lipinski definition) is 3. The summed E-state index contributed by atoms with van der Waals surface area (Å²) >= 11 is 5.75. The van der Waals surface area contributed by atoms with Crippen LogP contribution >= 0.6 is 11.6 Å². The highest BCUT2D eigenvalue weighted by atomic mass is 35.5. The molecule has 4 N–H and O–H groups in total. The molecule has 18 heavy (non-hydrogen) atoms. The zero-order valence-corrected chi connectivity index (χ0v) is 10.6. The van der Waals surface area contributed by atoms with E-state index < -0.39 is 17.3 Å². The lowest BCUT2D eigenvalue weighted by atomic mass is 10.0. The zero-order chi connectivity index (χ0) is 13.9. The fourth-order valence-corrected chi connectivity index (χ4v) is 1.50. The topological polar surface area (TPSA) is 87.7 Å². The maximum absolute atomic E-state index is 13.5. The zero-order valence-electron chi connectivity index (χ0n) is 9.87. The van der Waals surface area contributed by atoms with Crippen molar-refractivity contribution >= 4 is 23.3 Å². The van der Waals surface area contributed by atoms with Crippen LogP contribution in [0.2, 0.25) is 5.02 Å². The number of amides is 1. The van der Waals surface area contributed by atoms with Gasteiger partial charge >= 0.3 is 0 Å². The number of nitrogens with two attached hydrogens (primary N) is 1. The van der Waals surface area contributed by atoms with Crippen molar-refractivity contribution in [2.75, 3.05) is 0 Å². The van der Waals surface area contributed by atoms with Crippen LogP contribution in [-0.2, 0) is 0 Å². The highest BCUT2D eigenvalue weighted by Crippen LogP contribution is 2.19. The Labute approximate surface area is 108 Å². The normalized spacial score (nSPS) is 12.3. The first-order valence-corrected chi connectivity index (χ1v) is 5.42. The van der Waals surface area contributed by atoms with Crippen LogP contribution in [0.15, 0.2) is 23.4 Å². The fourth-order valence-electron chi connectivity index (χ4n) is 1.25. The number of amidine groups is 1. The van der Waals surface area contributed by atoms with E-state index in [1.807, 2.05) is 0 Å².